The van der Waals surface area contributed by atoms with Crippen LogP contribution in [0.1, 0.15) is 19.3 Å². The maximum Gasteiger partial charge on any atom is 0.269 e. The molecular weight excluding hydrogens is 268 g/mol. The minimum Gasteiger partial charge on any atom is -0.258 e. The minimum atomic E-state index is -3.59. The molecule has 1 saturated carbocycles. The number of sulfone groups is 1. The first-order chi connectivity index (χ1) is 8.96. The van der Waals surface area contributed by atoms with Gasteiger partial charge in [0.15, 0.2) is 9.84 Å². The number of nitriles is 1. The highest BCUT2D eigenvalue weighted by Crippen LogP contribution is 2.34. The molecular formula is C12H12N2O4S. The van der Waals surface area contributed by atoms with Crippen molar-refractivity contribution in [1.82, 2.24) is 0 Å². The van der Waals surface area contributed by atoms with Crippen molar-refractivity contribution in [3.8, 4) is 6.07 Å². The van der Waals surface area contributed by atoms with Gasteiger partial charge in [-0.2, -0.15) is 5.26 Å². The van der Waals surface area contributed by atoms with Gasteiger partial charge in [-0.05, 0) is 25.0 Å². The van der Waals surface area contributed by atoms with E-state index in [0.717, 1.165) is 6.42 Å². The third-order valence-electron chi connectivity index (χ3n) is 3.39. The number of benzene rings is 1. The van der Waals surface area contributed by atoms with Crippen LogP contribution in [0.4, 0.5) is 5.69 Å². The van der Waals surface area contributed by atoms with E-state index in [4.69, 9.17) is 5.26 Å². The van der Waals surface area contributed by atoms with Gasteiger partial charge in [-0.3, -0.25) is 10.1 Å². The lowest BCUT2D eigenvalue weighted by Gasteiger charge is -2.14. The lowest BCUT2D eigenvalue weighted by Crippen LogP contribution is -2.24. The molecule has 19 heavy (non-hydrogen) atoms. The van der Waals surface area contributed by atoms with Crippen molar-refractivity contribution < 1.29 is 13.3 Å². The van der Waals surface area contributed by atoms with E-state index < -0.39 is 25.9 Å². The lowest BCUT2D eigenvalue weighted by molar-refractivity contribution is -0.384. The maximum absolute atomic E-state index is 12.4. The summed E-state index contributed by atoms with van der Waals surface area (Å²) in [6.45, 7) is 0. The van der Waals surface area contributed by atoms with Crippen LogP contribution in [0.15, 0.2) is 29.2 Å². The quantitative estimate of drug-likeness (QED) is 0.623. The number of non-ortho nitro benzene ring substituents is 1. The number of hydrogen-bond acceptors (Lipinski definition) is 5. The van der Waals surface area contributed by atoms with Gasteiger partial charge in [0.2, 0.25) is 0 Å². The Labute approximate surface area is 110 Å². The molecule has 2 rings (SSSR count). The van der Waals surface area contributed by atoms with Crippen LogP contribution >= 0.6 is 0 Å². The van der Waals surface area contributed by atoms with Gasteiger partial charge in [0.1, 0.15) is 0 Å². The van der Waals surface area contributed by atoms with E-state index in [1.165, 1.54) is 24.3 Å². The summed E-state index contributed by atoms with van der Waals surface area (Å²) in [6.07, 6.45) is 1.78. The standard InChI is InChI=1S/C12H12N2O4S/c13-8-9-2-1-3-12(9)19(17,18)11-6-4-10(5-7-11)14(15)16/h4-7,9,12H,1-3H2. The molecule has 0 N–H and O–H groups in total. The molecule has 0 spiro atoms. The maximum atomic E-state index is 12.4. The van der Waals surface area contributed by atoms with Crippen LogP contribution in [-0.4, -0.2) is 18.6 Å². The second-order valence-corrected chi connectivity index (χ2v) is 6.67. The van der Waals surface area contributed by atoms with Crippen LogP contribution in [0.3, 0.4) is 0 Å². The van der Waals surface area contributed by atoms with E-state index in [-0.39, 0.29) is 10.6 Å². The molecule has 0 aliphatic heterocycles. The molecule has 1 fully saturated rings. The largest absolute Gasteiger partial charge is 0.269 e. The number of nitro benzene ring substituents is 1. The van der Waals surface area contributed by atoms with Gasteiger partial charge in [-0.15, -0.1) is 0 Å². The smallest absolute Gasteiger partial charge is 0.258 e. The monoisotopic (exact) mass is 280 g/mol. The van der Waals surface area contributed by atoms with Crippen molar-refractivity contribution in [1.29, 1.82) is 5.26 Å². The summed E-state index contributed by atoms with van der Waals surface area (Å²) in [5.74, 6) is -0.486. The molecule has 1 aromatic carbocycles. The molecule has 1 aromatic rings. The van der Waals surface area contributed by atoms with Crippen molar-refractivity contribution in [3.05, 3.63) is 34.4 Å². The van der Waals surface area contributed by atoms with Crippen molar-refractivity contribution in [3.63, 3.8) is 0 Å². The molecule has 0 amide bonds. The fourth-order valence-electron chi connectivity index (χ4n) is 2.38. The van der Waals surface area contributed by atoms with Gasteiger partial charge >= 0.3 is 0 Å². The molecule has 100 valence electrons. The number of nitrogens with zero attached hydrogens (tertiary/aromatic N) is 2. The zero-order chi connectivity index (χ0) is 14.0. The molecule has 0 bridgehead atoms. The minimum absolute atomic E-state index is 0.0465. The van der Waals surface area contributed by atoms with Crippen molar-refractivity contribution >= 4 is 15.5 Å². The number of hydrogen-bond donors (Lipinski definition) is 0. The summed E-state index contributed by atoms with van der Waals surface area (Å²) < 4.78 is 24.7. The highest BCUT2D eigenvalue weighted by molar-refractivity contribution is 7.92. The van der Waals surface area contributed by atoms with Crippen LogP contribution in [0.5, 0.6) is 0 Å². The first-order valence-corrected chi connectivity index (χ1v) is 7.39. The molecule has 0 saturated heterocycles. The Bertz CT molecular complexity index is 631. The topological polar surface area (TPSA) is 101 Å². The molecule has 6 nitrogen and oxygen atoms in total. The Morgan fingerprint density at radius 1 is 1.26 bits per heavy atom. The molecule has 1 aliphatic carbocycles. The van der Waals surface area contributed by atoms with Gasteiger partial charge in [0.05, 0.1) is 27.1 Å². The molecule has 2 unspecified atom stereocenters. The molecule has 1 aliphatic rings. The summed E-state index contributed by atoms with van der Waals surface area (Å²) in [5.41, 5.74) is -0.151. The Balaban J connectivity index is 2.35. The van der Waals surface area contributed by atoms with Gasteiger partial charge < -0.3 is 0 Å². The summed E-state index contributed by atoms with van der Waals surface area (Å²) in [4.78, 5) is 10.00. The molecule has 0 heterocycles. The summed E-state index contributed by atoms with van der Waals surface area (Å²) in [7, 11) is -3.59. The van der Waals surface area contributed by atoms with E-state index >= 15 is 0 Å². The number of nitro groups is 1. The third kappa shape index (κ3) is 2.44. The fourth-order valence-corrected chi connectivity index (χ4v) is 4.35. The second-order valence-electron chi connectivity index (χ2n) is 4.50. The van der Waals surface area contributed by atoms with Crippen LogP contribution in [0.2, 0.25) is 0 Å². The number of rotatable bonds is 3. The summed E-state index contributed by atoms with van der Waals surface area (Å²) >= 11 is 0. The zero-order valence-electron chi connectivity index (χ0n) is 10.0. The highest BCUT2D eigenvalue weighted by atomic mass is 32.2. The first-order valence-electron chi connectivity index (χ1n) is 5.85. The average molecular weight is 280 g/mol. The summed E-state index contributed by atoms with van der Waals surface area (Å²) in [6, 6.07) is 6.84. The Kier molecular flexibility index (Phi) is 3.53. The van der Waals surface area contributed by atoms with E-state index in [2.05, 4.69) is 0 Å². The van der Waals surface area contributed by atoms with Crippen LogP contribution < -0.4 is 0 Å². The van der Waals surface area contributed by atoms with E-state index in [0.29, 0.717) is 12.8 Å². The van der Waals surface area contributed by atoms with E-state index in [9.17, 15) is 18.5 Å². The Hall–Kier alpha value is -1.94. The molecule has 2 atom stereocenters. The highest BCUT2D eigenvalue weighted by Gasteiger charge is 2.38. The molecule has 0 radical (unpaired) electrons. The van der Waals surface area contributed by atoms with Crippen LogP contribution in [-0.2, 0) is 9.84 Å². The van der Waals surface area contributed by atoms with Gasteiger partial charge in [0.25, 0.3) is 5.69 Å². The average Bonchev–Trinajstić information content (AvgIpc) is 2.87. The lowest BCUT2D eigenvalue weighted by atomic mass is 10.1. The first kappa shape index (κ1) is 13.5. The van der Waals surface area contributed by atoms with E-state index in [1.807, 2.05) is 6.07 Å². The van der Waals surface area contributed by atoms with Crippen LogP contribution in [0.25, 0.3) is 0 Å². The van der Waals surface area contributed by atoms with Gasteiger partial charge in [0, 0.05) is 12.1 Å². The van der Waals surface area contributed by atoms with E-state index in [1.54, 1.807) is 0 Å². The van der Waals surface area contributed by atoms with Crippen LogP contribution in [0, 0.1) is 27.4 Å². The molecule has 0 aromatic heterocycles. The summed E-state index contributed by atoms with van der Waals surface area (Å²) in [5, 5.41) is 18.8. The SMILES string of the molecule is N#CC1CCCC1S(=O)(=O)c1ccc([N+](=O)[O-])cc1. The van der Waals surface area contributed by atoms with Crippen molar-refractivity contribution in [2.24, 2.45) is 5.92 Å². The molecule has 7 heteroatoms. The predicted molar refractivity (Wildman–Crippen MR) is 67.0 cm³/mol. The normalized spacial score (nSPS) is 22.9. The predicted octanol–water partition coefficient (Wildman–Crippen LogP) is 2.06. The van der Waals surface area contributed by atoms with Crippen molar-refractivity contribution in [2.45, 2.75) is 29.4 Å². The third-order valence-corrected chi connectivity index (χ3v) is 5.68. The Morgan fingerprint density at radius 3 is 2.42 bits per heavy atom. The fraction of sp³-hybridized carbons (Fsp3) is 0.417. The van der Waals surface area contributed by atoms with Crippen molar-refractivity contribution in [2.75, 3.05) is 0 Å². The zero-order valence-corrected chi connectivity index (χ0v) is 10.8. The Morgan fingerprint density at radius 2 is 1.89 bits per heavy atom. The van der Waals surface area contributed by atoms with Gasteiger partial charge in [-0.1, -0.05) is 6.42 Å². The second kappa shape index (κ2) is 4.97. The van der Waals surface area contributed by atoms with Gasteiger partial charge in [-0.25, -0.2) is 8.42 Å².